The van der Waals surface area contributed by atoms with Gasteiger partial charge in [0, 0.05) is 25.7 Å². The lowest BCUT2D eigenvalue weighted by atomic mass is 10.1. The van der Waals surface area contributed by atoms with Gasteiger partial charge in [-0.25, -0.2) is 0 Å². The zero-order valence-electron chi connectivity index (χ0n) is 7.29. The molecule has 1 aliphatic heterocycles. The van der Waals surface area contributed by atoms with Gasteiger partial charge < -0.3 is 5.73 Å². The predicted molar refractivity (Wildman–Crippen MR) is 48.5 cm³/mol. The molecular weight excluding hydrogens is 136 g/mol. The Morgan fingerprint density at radius 3 is 2.55 bits per heavy atom. The van der Waals surface area contributed by atoms with Crippen molar-refractivity contribution in [3.8, 4) is 0 Å². The Morgan fingerprint density at radius 1 is 1.45 bits per heavy atom. The van der Waals surface area contributed by atoms with Crippen LogP contribution in [0.4, 0.5) is 0 Å². The van der Waals surface area contributed by atoms with Crippen LogP contribution in [0.3, 0.4) is 0 Å². The summed E-state index contributed by atoms with van der Waals surface area (Å²) in [5, 5.41) is 0. The molecule has 0 aliphatic carbocycles. The maximum Gasteiger partial charge on any atom is 0.0224 e. The van der Waals surface area contributed by atoms with Crippen molar-refractivity contribution in [2.45, 2.75) is 25.8 Å². The lowest BCUT2D eigenvalue weighted by molar-refractivity contribution is 0.244. The minimum absolute atomic E-state index is 0.606. The zero-order chi connectivity index (χ0) is 8.10. The Bertz CT molecular complexity index is 124. The van der Waals surface area contributed by atoms with Crippen LogP contribution >= 0.6 is 0 Å². The van der Waals surface area contributed by atoms with Crippen LogP contribution in [0.5, 0.6) is 0 Å². The van der Waals surface area contributed by atoms with E-state index in [1.165, 1.54) is 12.8 Å². The third-order valence-corrected chi connectivity index (χ3v) is 2.26. The average Bonchev–Trinajstić information content (AvgIpc) is 2.52. The molecule has 11 heavy (non-hydrogen) atoms. The maximum absolute atomic E-state index is 5.67. The second kappa shape index (κ2) is 4.52. The summed E-state index contributed by atoms with van der Waals surface area (Å²) in [7, 11) is 0. The van der Waals surface area contributed by atoms with Crippen LogP contribution in [0, 0.1) is 0 Å². The van der Waals surface area contributed by atoms with E-state index in [0.29, 0.717) is 6.04 Å². The third-order valence-electron chi connectivity index (χ3n) is 2.26. The van der Waals surface area contributed by atoms with E-state index in [9.17, 15) is 0 Å². The molecule has 1 heterocycles. The van der Waals surface area contributed by atoms with Crippen LogP contribution in [0.25, 0.3) is 0 Å². The van der Waals surface area contributed by atoms with Gasteiger partial charge in [0.05, 0.1) is 0 Å². The molecule has 0 radical (unpaired) electrons. The fourth-order valence-electron chi connectivity index (χ4n) is 1.58. The van der Waals surface area contributed by atoms with Crippen molar-refractivity contribution < 1.29 is 0 Å². The lowest BCUT2D eigenvalue weighted by Crippen LogP contribution is -2.38. The molecule has 2 N–H and O–H groups in total. The lowest BCUT2D eigenvalue weighted by Gasteiger charge is -2.25. The highest BCUT2D eigenvalue weighted by Gasteiger charge is 2.15. The summed E-state index contributed by atoms with van der Waals surface area (Å²) in [6, 6.07) is 0.606. The molecule has 2 nitrogen and oxygen atoms in total. The first-order valence-electron chi connectivity index (χ1n) is 4.47. The van der Waals surface area contributed by atoms with E-state index in [-0.39, 0.29) is 0 Å². The van der Waals surface area contributed by atoms with Crippen LogP contribution in [-0.4, -0.2) is 30.6 Å². The van der Waals surface area contributed by atoms with E-state index in [0.717, 1.165) is 19.6 Å². The van der Waals surface area contributed by atoms with Crippen molar-refractivity contribution in [3.63, 3.8) is 0 Å². The molecule has 0 amide bonds. The predicted octanol–water partition coefficient (Wildman–Crippen LogP) is 0.986. The fourth-order valence-corrected chi connectivity index (χ4v) is 1.58. The highest BCUT2D eigenvalue weighted by Crippen LogP contribution is 2.09. The van der Waals surface area contributed by atoms with E-state index in [2.05, 4.69) is 24.0 Å². The Labute approximate surface area is 69.1 Å². The molecule has 0 saturated heterocycles. The SMILES string of the molecule is CCCC(CN)N1CC=CC1. The first-order valence-corrected chi connectivity index (χ1v) is 4.47. The molecule has 0 aromatic carbocycles. The van der Waals surface area contributed by atoms with Crippen LogP contribution < -0.4 is 5.73 Å². The summed E-state index contributed by atoms with van der Waals surface area (Å²) < 4.78 is 0. The molecule has 0 aromatic heterocycles. The third kappa shape index (κ3) is 2.31. The first-order chi connectivity index (χ1) is 5.38. The minimum atomic E-state index is 0.606. The van der Waals surface area contributed by atoms with Crippen LogP contribution in [0.15, 0.2) is 12.2 Å². The molecule has 2 heteroatoms. The van der Waals surface area contributed by atoms with Gasteiger partial charge in [0.2, 0.25) is 0 Å². The first kappa shape index (κ1) is 8.75. The van der Waals surface area contributed by atoms with Crippen LogP contribution in [-0.2, 0) is 0 Å². The maximum atomic E-state index is 5.67. The molecule has 1 rings (SSSR count). The Balaban J connectivity index is 2.29. The molecule has 0 spiro atoms. The quantitative estimate of drug-likeness (QED) is 0.612. The van der Waals surface area contributed by atoms with Crippen molar-refractivity contribution in [2.24, 2.45) is 5.73 Å². The second-order valence-corrected chi connectivity index (χ2v) is 3.10. The normalized spacial score (nSPS) is 20.9. The summed E-state index contributed by atoms with van der Waals surface area (Å²) in [5.41, 5.74) is 5.67. The highest BCUT2D eigenvalue weighted by atomic mass is 15.2. The number of hydrogen-bond acceptors (Lipinski definition) is 2. The minimum Gasteiger partial charge on any atom is -0.329 e. The fraction of sp³-hybridized carbons (Fsp3) is 0.778. The number of nitrogens with zero attached hydrogens (tertiary/aromatic N) is 1. The molecule has 0 saturated carbocycles. The number of nitrogens with two attached hydrogens (primary N) is 1. The van der Waals surface area contributed by atoms with Gasteiger partial charge in [-0.1, -0.05) is 25.5 Å². The van der Waals surface area contributed by atoms with Gasteiger partial charge in [-0.05, 0) is 6.42 Å². The van der Waals surface area contributed by atoms with E-state index in [1.54, 1.807) is 0 Å². The molecule has 64 valence electrons. The Morgan fingerprint density at radius 2 is 2.09 bits per heavy atom. The van der Waals surface area contributed by atoms with Crippen molar-refractivity contribution in [2.75, 3.05) is 19.6 Å². The van der Waals surface area contributed by atoms with Crippen molar-refractivity contribution in [1.82, 2.24) is 4.90 Å². The number of rotatable bonds is 4. The molecule has 1 atom stereocenters. The molecule has 1 aliphatic rings. The smallest absolute Gasteiger partial charge is 0.0224 e. The van der Waals surface area contributed by atoms with E-state index < -0.39 is 0 Å². The Hall–Kier alpha value is -0.340. The van der Waals surface area contributed by atoms with Gasteiger partial charge >= 0.3 is 0 Å². The van der Waals surface area contributed by atoms with Gasteiger partial charge in [0.25, 0.3) is 0 Å². The van der Waals surface area contributed by atoms with Gasteiger partial charge in [0.1, 0.15) is 0 Å². The van der Waals surface area contributed by atoms with Crippen LogP contribution in [0.2, 0.25) is 0 Å². The molecule has 0 bridgehead atoms. The van der Waals surface area contributed by atoms with Crippen molar-refractivity contribution >= 4 is 0 Å². The standard InChI is InChI=1S/C9H18N2/c1-2-5-9(8-10)11-6-3-4-7-11/h3-4,9H,2,5-8,10H2,1H3. The van der Waals surface area contributed by atoms with Gasteiger partial charge in [-0.15, -0.1) is 0 Å². The monoisotopic (exact) mass is 154 g/mol. The average molecular weight is 154 g/mol. The summed E-state index contributed by atoms with van der Waals surface area (Å²) in [4.78, 5) is 2.43. The highest BCUT2D eigenvalue weighted by molar-refractivity contribution is 4.97. The Kier molecular flexibility index (Phi) is 3.60. The molecule has 0 aromatic rings. The topological polar surface area (TPSA) is 29.3 Å². The molecule has 1 unspecified atom stereocenters. The van der Waals surface area contributed by atoms with E-state index >= 15 is 0 Å². The van der Waals surface area contributed by atoms with E-state index in [1.807, 2.05) is 0 Å². The summed E-state index contributed by atoms with van der Waals surface area (Å²) in [6.07, 6.45) is 6.91. The zero-order valence-corrected chi connectivity index (χ0v) is 7.29. The number of hydrogen-bond donors (Lipinski definition) is 1. The molecule has 0 fully saturated rings. The van der Waals surface area contributed by atoms with Gasteiger partial charge in [-0.3, -0.25) is 4.90 Å². The summed E-state index contributed by atoms with van der Waals surface area (Å²) in [6.45, 7) is 5.21. The second-order valence-electron chi connectivity index (χ2n) is 3.10. The largest absolute Gasteiger partial charge is 0.329 e. The molecular formula is C9H18N2. The van der Waals surface area contributed by atoms with E-state index in [4.69, 9.17) is 5.73 Å². The van der Waals surface area contributed by atoms with Crippen molar-refractivity contribution in [1.29, 1.82) is 0 Å². The van der Waals surface area contributed by atoms with Gasteiger partial charge in [-0.2, -0.15) is 0 Å². The summed E-state index contributed by atoms with van der Waals surface area (Å²) >= 11 is 0. The van der Waals surface area contributed by atoms with Gasteiger partial charge in [0.15, 0.2) is 0 Å². The summed E-state index contributed by atoms with van der Waals surface area (Å²) in [5.74, 6) is 0. The van der Waals surface area contributed by atoms with Crippen LogP contribution in [0.1, 0.15) is 19.8 Å². The van der Waals surface area contributed by atoms with Crippen molar-refractivity contribution in [3.05, 3.63) is 12.2 Å².